The van der Waals surface area contributed by atoms with E-state index < -0.39 is 22.0 Å². The Kier molecular flexibility index (Phi) is 5.29. The first kappa shape index (κ1) is 19.1. The molecule has 1 aliphatic rings. The van der Waals surface area contributed by atoms with Gasteiger partial charge in [-0.1, -0.05) is 29.8 Å². The third-order valence-electron chi connectivity index (χ3n) is 4.44. The lowest BCUT2D eigenvalue weighted by atomic mass is 10.0. The predicted molar refractivity (Wildman–Crippen MR) is 99.9 cm³/mol. The fourth-order valence-corrected chi connectivity index (χ4v) is 4.26. The maximum atomic E-state index is 12.8. The minimum atomic E-state index is -3.94. The Morgan fingerprint density at radius 1 is 1.19 bits per heavy atom. The molecule has 0 aliphatic carbocycles. The zero-order valence-corrected chi connectivity index (χ0v) is 15.5. The van der Waals surface area contributed by atoms with Gasteiger partial charge in [-0.05, 0) is 42.7 Å². The summed E-state index contributed by atoms with van der Waals surface area (Å²) < 4.78 is 28.1. The molecule has 0 radical (unpaired) electrons. The minimum Gasteiger partial charge on any atom is -0.481 e. The molecule has 3 rings (SSSR count). The van der Waals surface area contributed by atoms with Crippen molar-refractivity contribution in [3.63, 3.8) is 0 Å². The van der Waals surface area contributed by atoms with Crippen LogP contribution in [0.4, 0.5) is 5.69 Å². The van der Waals surface area contributed by atoms with Gasteiger partial charge in [0.1, 0.15) is 0 Å². The maximum absolute atomic E-state index is 12.8. The third-order valence-corrected chi connectivity index (χ3v) is 5.91. The standard InChI is InChI=1S/C19H20N2O5S/c1-12-2-4-13(5-3-12)17(11-19(23)24)21-27(25,26)15-7-8-16-14(10-15)6-9-18(22)20-16/h2-5,7-8,10,17,21H,6,9,11H2,1H3,(H,20,22)(H,23,24). The van der Waals surface area contributed by atoms with E-state index in [1.165, 1.54) is 12.1 Å². The number of carboxylic acid groups (broad SMARTS) is 1. The summed E-state index contributed by atoms with van der Waals surface area (Å²) in [5, 5.41) is 11.9. The second-order valence-electron chi connectivity index (χ2n) is 6.55. The second kappa shape index (κ2) is 7.50. The van der Waals surface area contributed by atoms with E-state index in [0.29, 0.717) is 24.1 Å². The molecule has 1 aliphatic heterocycles. The van der Waals surface area contributed by atoms with Gasteiger partial charge >= 0.3 is 5.97 Å². The smallest absolute Gasteiger partial charge is 0.305 e. The van der Waals surface area contributed by atoms with Gasteiger partial charge in [0.15, 0.2) is 0 Å². The molecule has 7 nitrogen and oxygen atoms in total. The first-order chi connectivity index (χ1) is 12.7. The average Bonchev–Trinajstić information content (AvgIpc) is 2.60. The number of benzene rings is 2. The Morgan fingerprint density at radius 3 is 2.56 bits per heavy atom. The lowest BCUT2D eigenvalue weighted by molar-refractivity contribution is -0.137. The average molecular weight is 388 g/mol. The number of hydrogen-bond acceptors (Lipinski definition) is 4. The summed E-state index contributed by atoms with van der Waals surface area (Å²) in [7, 11) is -3.94. The molecule has 142 valence electrons. The number of hydrogen-bond donors (Lipinski definition) is 3. The fourth-order valence-electron chi connectivity index (χ4n) is 2.98. The van der Waals surface area contributed by atoms with Gasteiger partial charge in [0.2, 0.25) is 15.9 Å². The molecule has 8 heteroatoms. The molecule has 0 aromatic heterocycles. The van der Waals surface area contributed by atoms with Crippen LogP contribution in [0.25, 0.3) is 0 Å². The normalized spacial score (nSPS) is 14.9. The number of fused-ring (bicyclic) bond motifs is 1. The molecule has 1 atom stereocenters. The zero-order chi connectivity index (χ0) is 19.6. The summed E-state index contributed by atoms with van der Waals surface area (Å²) >= 11 is 0. The van der Waals surface area contributed by atoms with Crippen molar-refractivity contribution in [2.24, 2.45) is 0 Å². The van der Waals surface area contributed by atoms with E-state index in [1.807, 2.05) is 6.92 Å². The van der Waals surface area contributed by atoms with E-state index in [-0.39, 0.29) is 17.2 Å². The van der Waals surface area contributed by atoms with E-state index in [0.717, 1.165) is 11.1 Å². The van der Waals surface area contributed by atoms with Gasteiger partial charge in [-0.3, -0.25) is 9.59 Å². The van der Waals surface area contributed by atoms with Crippen molar-refractivity contribution in [2.75, 3.05) is 5.32 Å². The van der Waals surface area contributed by atoms with Crippen LogP contribution >= 0.6 is 0 Å². The number of anilines is 1. The van der Waals surface area contributed by atoms with Crippen LogP contribution in [0.3, 0.4) is 0 Å². The van der Waals surface area contributed by atoms with Crippen LogP contribution in [0, 0.1) is 6.92 Å². The van der Waals surface area contributed by atoms with Crippen molar-refractivity contribution in [1.82, 2.24) is 4.72 Å². The summed E-state index contributed by atoms with van der Waals surface area (Å²) in [6.07, 6.45) is 0.388. The molecule has 1 heterocycles. The number of amides is 1. The summed E-state index contributed by atoms with van der Waals surface area (Å²) in [5.41, 5.74) is 2.91. The van der Waals surface area contributed by atoms with Crippen molar-refractivity contribution >= 4 is 27.6 Å². The van der Waals surface area contributed by atoms with Crippen LogP contribution in [0.1, 0.15) is 35.6 Å². The molecule has 0 bridgehead atoms. The molecular formula is C19H20N2O5S. The summed E-state index contributed by atoms with van der Waals surface area (Å²) in [6, 6.07) is 10.6. The summed E-state index contributed by atoms with van der Waals surface area (Å²) in [6.45, 7) is 1.89. The Labute approximate surface area is 157 Å². The number of rotatable bonds is 6. The zero-order valence-electron chi connectivity index (χ0n) is 14.7. The van der Waals surface area contributed by atoms with Gasteiger partial charge in [-0.2, -0.15) is 0 Å². The molecule has 0 spiro atoms. The molecule has 1 unspecified atom stereocenters. The molecular weight excluding hydrogens is 368 g/mol. The SMILES string of the molecule is Cc1ccc(C(CC(=O)O)NS(=O)(=O)c2ccc3c(c2)CCC(=O)N3)cc1. The van der Waals surface area contributed by atoms with E-state index in [2.05, 4.69) is 10.0 Å². The number of aryl methyl sites for hydroxylation is 2. The number of sulfonamides is 1. The van der Waals surface area contributed by atoms with Crippen molar-refractivity contribution in [3.8, 4) is 0 Å². The van der Waals surface area contributed by atoms with Crippen LogP contribution in [-0.2, 0) is 26.0 Å². The van der Waals surface area contributed by atoms with E-state index in [1.54, 1.807) is 30.3 Å². The van der Waals surface area contributed by atoms with Crippen LogP contribution in [0.15, 0.2) is 47.4 Å². The summed E-state index contributed by atoms with van der Waals surface area (Å²) in [4.78, 5) is 22.7. The second-order valence-corrected chi connectivity index (χ2v) is 8.26. The van der Waals surface area contributed by atoms with Gasteiger partial charge < -0.3 is 10.4 Å². The molecule has 1 amide bonds. The highest BCUT2D eigenvalue weighted by Crippen LogP contribution is 2.27. The molecule has 2 aromatic rings. The van der Waals surface area contributed by atoms with Crippen LogP contribution in [0.2, 0.25) is 0 Å². The first-order valence-corrected chi connectivity index (χ1v) is 9.96. The molecule has 0 fully saturated rings. The van der Waals surface area contributed by atoms with Crippen LogP contribution in [0.5, 0.6) is 0 Å². The fraction of sp³-hybridized carbons (Fsp3) is 0.263. The Bertz CT molecular complexity index is 984. The highest BCUT2D eigenvalue weighted by molar-refractivity contribution is 7.89. The number of aliphatic carboxylic acids is 1. The molecule has 27 heavy (non-hydrogen) atoms. The number of nitrogens with one attached hydrogen (secondary N) is 2. The quantitative estimate of drug-likeness (QED) is 0.703. The monoisotopic (exact) mass is 388 g/mol. The molecule has 2 aromatic carbocycles. The van der Waals surface area contributed by atoms with Crippen molar-refractivity contribution in [2.45, 2.75) is 37.1 Å². The van der Waals surface area contributed by atoms with Crippen LogP contribution in [-0.4, -0.2) is 25.4 Å². The first-order valence-electron chi connectivity index (χ1n) is 8.48. The lowest BCUT2D eigenvalue weighted by Crippen LogP contribution is -2.30. The summed E-state index contributed by atoms with van der Waals surface area (Å²) in [5.74, 6) is -1.20. The molecule has 3 N–H and O–H groups in total. The predicted octanol–water partition coefficient (Wildman–Crippen LogP) is 2.37. The highest BCUT2D eigenvalue weighted by atomic mass is 32.2. The minimum absolute atomic E-state index is 0.0416. The Morgan fingerprint density at radius 2 is 1.89 bits per heavy atom. The lowest BCUT2D eigenvalue weighted by Gasteiger charge is -2.20. The van der Waals surface area contributed by atoms with E-state index in [4.69, 9.17) is 0 Å². The Balaban J connectivity index is 1.89. The maximum Gasteiger partial charge on any atom is 0.305 e. The van der Waals surface area contributed by atoms with Crippen LogP contribution < -0.4 is 10.0 Å². The number of carboxylic acids is 1. The van der Waals surface area contributed by atoms with Crippen molar-refractivity contribution < 1.29 is 23.1 Å². The van der Waals surface area contributed by atoms with Gasteiger partial charge in [0.25, 0.3) is 0 Å². The Hall–Kier alpha value is -2.71. The topological polar surface area (TPSA) is 113 Å². The van der Waals surface area contributed by atoms with Gasteiger partial charge in [-0.15, -0.1) is 0 Å². The van der Waals surface area contributed by atoms with Gasteiger partial charge in [0, 0.05) is 12.1 Å². The van der Waals surface area contributed by atoms with E-state index >= 15 is 0 Å². The van der Waals surface area contributed by atoms with Crippen molar-refractivity contribution in [3.05, 3.63) is 59.2 Å². The van der Waals surface area contributed by atoms with E-state index in [9.17, 15) is 23.1 Å². The highest BCUT2D eigenvalue weighted by Gasteiger charge is 2.25. The largest absolute Gasteiger partial charge is 0.481 e. The molecule has 0 saturated carbocycles. The van der Waals surface area contributed by atoms with Gasteiger partial charge in [-0.25, -0.2) is 13.1 Å². The van der Waals surface area contributed by atoms with Gasteiger partial charge in [0.05, 0.1) is 17.4 Å². The number of carbonyl (C=O) groups excluding carboxylic acids is 1. The molecule has 0 saturated heterocycles. The number of carbonyl (C=O) groups is 2. The third kappa shape index (κ3) is 4.53. The van der Waals surface area contributed by atoms with Crippen molar-refractivity contribution in [1.29, 1.82) is 0 Å².